The molecule has 2 rings (SSSR count). The van der Waals surface area contributed by atoms with Crippen molar-refractivity contribution in [3.63, 3.8) is 0 Å². The van der Waals surface area contributed by atoms with Crippen LogP contribution in [0.1, 0.15) is 11.1 Å². The summed E-state index contributed by atoms with van der Waals surface area (Å²) in [6, 6.07) is 15.6. The van der Waals surface area contributed by atoms with Crippen LogP contribution >= 0.6 is 0 Å². The molecule has 0 saturated heterocycles. The molecule has 21 heavy (non-hydrogen) atoms. The molecule has 0 spiro atoms. The van der Waals surface area contributed by atoms with Crippen LogP contribution in [0.2, 0.25) is 0 Å². The molecule has 0 aromatic heterocycles. The number of nitrogens with zero attached hydrogens (tertiary/aromatic N) is 1. The molecule has 0 bridgehead atoms. The van der Waals surface area contributed by atoms with Gasteiger partial charge in [-0.25, -0.2) is 0 Å². The van der Waals surface area contributed by atoms with E-state index in [4.69, 9.17) is 4.74 Å². The van der Waals surface area contributed by atoms with E-state index in [1.807, 2.05) is 50.5 Å². The molecule has 0 radical (unpaired) electrons. The summed E-state index contributed by atoms with van der Waals surface area (Å²) < 4.78 is 5.86. The Balaban J connectivity index is 1.98. The maximum Gasteiger partial charge on any atom is 0.122 e. The standard InChI is InChI=1S/C18H23NO2/c1-19(2)13-14-21-18-10-6-4-8-16(18)12-11-15-7-3-5-9-17(15)20/h3-10,20H,11-14H2,1-2H3. The number of ether oxygens (including phenoxy) is 1. The number of hydrogen-bond donors (Lipinski definition) is 1. The van der Waals surface area contributed by atoms with Gasteiger partial charge in [0.05, 0.1) is 0 Å². The molecule has 0 aliphatic heterocycles. The number of likely N-dealkylation sites (N-methyl/N-ethyl adjacent to an activating group) is 1. The lowest BCUT2D eigenvalue weighted by Gasteiger charge is -2.14. The van der Waals surface area contributed by atoms with E-state index in [9.17, 15) is 5.11 Å². The number of hydrogen-bond acceptors (Lipinski definition) is 3. The number of phenols is 1. The number of rotatable bonds is 7. The van der Waals surface area contributed by atoms with Crippen LogP contribution in [0.25, 0.3) is 0 Å². The Morgan fingerprint density at radius 1 is 0.905 bits per heavy atom. The zero-order valence-electron chi connectivity index (χ0n) is 12.7. The molecule has 0 unspecified atom stereocenters. The Morgan fingerprint density at radius 2 is 1.52 bits per heavy atom. The summed E-state index contributed by atoms with van der Waals surface area (Å²) in [4.78, 5) is 2.10. The predicted molar refractivity (Wildman–Crippen MR) is 86.0 cm³/mol. The number of para-hydroxylation sites is 2. The van der Waals surface area contributed by atoms with E-state index in [1.165, 1.54) is 5.56 Å². The van der Waals surface area contributed by atoms with Crippen LogP contribution in [0, 0.1) is 0 Å². The number of aryl methyl sites for hydroxylation is 2. The van der Waals surface area contributed by atoms with Crippen molar-refractivity contribution in [1.29, 1.82) is 0 Å². The highest BCUT2D eigenvalue weighted by Gasteiger charge is 2.06. The number of benzene rings is 2. The van der Waals surface area contributed by atoms with Gasteiger partial charge in [-0.05, 0) is 50.2 Å². The molecule has 3 nitrogen and oxygen atoms in total. The maximum atomic E-state index is 9.82. The fourth-order valence-corrected chi connectivity index (χ4v) is 2.18. The average molecular weight is 285 g/mol. The SMILES string of the molecule is CN(C)CCOc1ccccc1CCc1ccccc1O. The lowest BCUT2D eigenvalue weighted by molar-refractivity contribution is 0.259. The summed E-state index contributed by atoms with van der Waals surface area (Å²) in [7, 11) is 4.07. The largest absolute Gasteiger partial charge is 0.508 e. The Morgan fingerprint density at radius 3 is 2.24 bits per heavy atom. The maximum absolute atomic E-state index is 9.82. The van der Waals surface area contributed by atoms with Gasteiger partial charge in [0.2, 0.25) is 0 Å². The zero-order chi connectivity index (χ0) is 15.1. The van der Waals surface area contributed by atoms with Crippen molar-refractivity contribution >= 4 is 0 Å². The highest BCUT2D eigenvalue weighted by molar-refractivity contribution is 5.36. The molecule has 0 aliphatic carbocycles. The van der Waals surface area contributed by atoms with Crippen LogP contribution in [0.4, 0.5) is 0 Å². The van der Waals surface area contributed by atoms with Crippen LogP contribution in [0.15, 0.2) is 48.5 Å². The van der Waals surface area contributed by atoms with E-state index in [1.54, 1.807) is 6.07 Å². The first-order valence-electron chi connectivity index (χ1n) is 7.29. The van der Waals surface area contributed by atoms with E-state index in [2.05, 4.69) is 11.0 Å². The molecule has 0 atom stereocenters. The lowest BCUT2D eigenvalue weighted by Crippen LogP contribution is -2.19. The summed E-state index contributed by atoms with van der Waals surface area (Å²) in [5, 5.41) is 9.82. The van der Waals surface area contributed by atoms with Crippen molar-refractivity contribution in [2.75, 3.05) is 27.2 Å². The van der Waals surface area contributed by atoms with E-state index in [0.717, 1.165) is 30.7 Å². The molecule has 0 aliphatic rings. The van der Waals surface area contributed by atoms with Gasteiger partial charge < -0.3 is 14.7 Å². The molecular formula is C18H23NO2. The van der Waals surface area contributed by atoms with Gasteiger partial charge in [-0.15, -0.1) is 0 Å². The van der Waals surface area contributed by atoms with Crippen LogP contribution in [-0.2, 0) is 12.8 Å². The third-order valence-corrected chi connectivity index (χ3v) is 3.42. The van der Waals surface area contributed by atoms with Gasteiger partial charge in [-0.2, -0.15) is 0 Å². The Hall–Kier alpha value is -2.00. The van der Waals surface area contributed by atoms with Gasteiger partial charge in [0, 0.05) is 6.54 Å². The third kappa shape index (κ3) is 4.80. The fraction of sp³-hybridized carbons (Fsp3) is 0.333. The van der Waals surface area contributed by atoms with Crippen LogP contribution in [0.5, 0.6) is 11.5 Å². The second-order valence-electron chi connectivity index (χ2n) is 5.39. The number of aromatic hydroxyl groups is 1. The highest BCUT2D eigenvalue weighted by atomic mass is 16.5. The first-order valence-corrected chi connectivity index (χ1v) is 7.29. The first-order chi connectivity index (χ1) is 10.2. The quantitative estimate of drug-likeness (QED) is 0.848. The summed E-state index contributed by atoms with van der Waals surface area (Å²) in [6.45, 7) is 1.58. The van der Waals surface area contributed by atoms with Gasteiger partial charge in [0.1, 0.15) is 18.1 Å². The van der Waals surface area contributed by atoms with Gasteiger partial charge in [0.25, 0.3) is 0 Å². The zero-order valence-corrected chi connectivity index (χ0v) is 12.7. The van der Waals surface area contributed by atoms with E-state index < -0.39 is 0 Å². The Labute approximate surface area is 126 Å². The summed E-state index contributed by atoms with van der Waals surface area (Å²) >= 11 is 0. The van der Waals surface area contributed by atoms with E-state index in [-0.39, 0.29) is 0 Å². The minimum Gasteiger partial charge on any atom is -0.508 e. The third-order valence-electron chi connectivity index (χ3n) is 3.42. The molecule has 112 valence electrons. The second kappa shape index (κ2) is 7.70. The summed E-state index contributed by atoms with van der Waals surface area (Å²) in [5.74, 6) is 1.30. The average Bonchev–Trinajstić information content (AvgIpc) is 2.47. The van der Waals surface area contributed by atoms with E-state index >= 15 is 0 Å². The van der Waals surface area contributed by atoms with Gasteiger partial charge in [-0.3, -0.25) is 0 Å². The van der Waals surface area contributed by atoms with Crippen molar-refractivity contribution in [3.05, 3.63) is 59.7 Å². The highest BCUT2D eigenvalue weighted by Crippen LogP contribution is 2.23. The molecule has 3 heteroatoms. The molecular weight excluding hydrogens is 262 g/mol. The van der Waals surface area contributed by atoms with Crippen LogP contribution < -0.4 is 4.74 Å². The normalized spacial score (nSPS) is 10.8. The fourth-order valence-electron chi connectivity index (χ4n) is 2.18. The van der Waals surface area contributed by atoms with Crippen molar-refractivity contribution in [3.8, 4) is 11.5 Å². The minimum absolute atomic E-state index is 0.364. The van der Waals surface area contributed by atoms with Crippen molar-refractivity contribution in [2.45, 2.75) is 12.8 Å². The van der Waals surface area contributed by atoms with Crippen molar-refractivity contribution < 1.29 is 9.84 Å². The first kappa shape index (κ1) is 15.4. The second-order valence-corrected chi connectivity index (χ2v) is 5.39. The topological polar surface area (TPSA) is 32.7 Å². The predicted octanol–water partition coefficient (Wildman–Crippen LogP) is 3.12. The van der Waals surface area contributed by atoms with E-state index in [0.29, 0.717) is 12.4 Å². The molecule has 0 fully saturated rings. The molecule has 2 aromatic carbocycles. The summed E-state index contributed by atoms with van der Waals surface area (Å²) in [5.41, 5.74) is 2.15. The summed E-state index contributed by atoms with van der Waals surface area (Å²) in [6.07, 6.45) is 1.66. The smallest absolute Gasteiger partial charge is 0.122 e. The monoisotopic (exact) mass is 285 g/mol. The lowest BCUT2D eigenvalue weighted by atomic mass is 10.0. The molecule has 0 saturated carbocycles. The van der Waals surface area contributed by atoms with Crippen LogP contribution in [-0.4, -0.2) is 37.3 Å². The molecule has 1 N–H and O–H groups in total. The van der Waals surface area contributed by atoms with Gasteiger partial charge in [0.15, 0.2) is 0 Å². The van der Waals surface area contributed by atoms with Gasteiger partial charge >= 0.3 is 0 Å². The molecule has 0 heterocycles. The van der Waals surface area contributed by atoms with Crippen molar-refractivity contribution in [2.24, 2.45) is 0 Å². The Kier molecular flexibility index (Phi) is 5.64. The molecule has 2 aromatic rings. The van der Waals surface area contributed by atoms with Crippen LogP contribution in [0.3, 0.4) is 0 Å². The molecule has 0 amide bonds. The number of phenolic OH excluding ortho intramolecular Hbond substituents is 1. The minimum atomic E-state index is 0.364. The van der Waals surface area contributed by atoms with Crippen molar-refractivity contribution in [1.82, 2.24) is 4.90 Å². The van der Waals surface area contributed by atoms with Gasteiger partial charge in [-0.1, -0.05) is 36.4 Å². The Bertz CT molecular complexity index is 567.